The summed E-state index contributed by atoms with van der Waals surface area (Å²) in [5.74, 6) is 0.479. The highest BCUT2D eigenvalue weighted by Gasteiger charge is 2.08. The topological polar surface area (TPSA) is 96.4 Å². The number of nitrogens with zero attached hydrogens (tertiary/aromatic N) is 3. The van der Waals surface area contributed by atoms with Crippen LogP contribution in [0.3, 0.4) is 0 Å². The van der Waals surface area contributed by atoms with E-state index in [1.807, 2.05) is 32.1 Å². The highest BCUT2D eigenvalue weighted by Crippen LogP contribution is 2.28. The van der Waals surface area contributed by atoms with Crippen LogP contribution >= 0.6 is 0 Å². The molecule has 0 bridgehead atoms. The van der Waals surface area contributed by atoms with Crippen molar-refractivity contribution in [3.8, 4) is 17.0 Å². The van der Waals surface area contributed by atoms with Gasteiger partial charge in [0.1, 0.15) is 5.75 Å². The van der Waals surface area contributed by atoms with Crippen LogP contribution in [0.1, 0.15) is 19.4 Å². The third-order valence-corrected chi connectivity index (χ3v) is 3.06. The lowest BCUT2D eigenvalue weighted by Gasteiger charge is -2.05. The summed E-state index contributed by atoms with van der Waals surface area (Å²) >= 11 is 0. The van der Waals surface area contributed by atoms with Gasteiger partial charge in [0.05, 0.1) is 5.69 Å². The molecule has 2 rings (SSSR count). The molecule has 1 aromatic carbocycles. The highest BCUT2D eigenvalue weighted by molar-refractivity contribution is 5.72. The van der Waals surface area contributed by atoms with E-state index in [1.165, 1.54) is 0 Å². The van der Waals surface area contributed by atoms with Crippen LogP contribution in [0.2, 0.25) is 0 Å². The van der Waals surface area contributed by atoms with Gasteiger partial charge >= 0.3 is 0 Å². The van der Waals surface area contributed by atoms with E-state index in [1.54, 1.807) is 36.7 Å². The van der Waals surface area contributed by atoms with Gasteiger partial charge in [-0.05, 0) is 37.6 Å². The minimum Gasteiger partial charge on any atom is -0.507 e. The second-order valence-corrected chi connectivity index (χ2v) is 4.83. The van der Waals surface area contributed by atoms with Gasteiger partial charge in [-0.15, -0.1) is 10.2 Å². The Morgan fingerprint density at radius 3 is 2.83 bits per heavy atom. The fraction of sp³-hybridized carbons (Fsp3) is 0.118. The molecule has 0 radical (unpaired) electrons. The second-order valence-electron chi connectivity index (χ2n) is 4.83. The van der Waals surface area contributed by atoms with Gasteiger partial charge < -0.3 is 10.8 Å². The molecule has 0 spiro atoms. The van der Waals surface area contributed by atoms with Crippen molar-refractivity contribution in [2.24, 2.45) is 5.10 Å². The number of phenolic OH excluding ortho intramolecular Hbond substituents is 1. The minimum atomic E-state index is 0.152. The number of nitrogens with one attached hydrogen (secondary N) is 1. The average molecular weight is 309 g/mol. The quantitative estimate of drug-likeness (QED) is 0.448. The minimum absolute atomic E-state index is 0.152. The second kappa shape index (κ2) is 7.74. The van der Waals surface area contributed by atoms with Crippen molar-refractivity contribution in [1.29, 1.82) is 0 Å². The molecule has 118 valence electrons. The third-order valence-electron chi connectivity index (χ3n) is 3.06. The summed E-state index contributed by atoms with van der Waals surface area (Å²) < 4.78 is 0. The summed E-state index contributed by atoms with van der Waals surface area (Å²) in [6.07, 6.45) is 7.17. The van der Waals surface area contributed by atoms with Crippen LogP contribution in [0.25, 0.3) is 17.3 Å². The summed E-state index contributed by atoms with van der Waals surface area (Å²) in [5.41, 5.74) is 11.5. The van der Waals surface area contributed by atoms with Crippen LogP contribution in [-0.2, 0) is 0 Å². The van der Waals surface area contributed by atoms with E-state index < -0.39 is 0 Å². The lowest BCUT2D eigenvalue weighted by molar-refractivity contribution is 0.477. The third kappa shape index (κ3) is 4.41. The molecule has 0 aliphatic carbocycles. The van der Waals surface area contributed by atoms with E-state index in [-0.39, 0.29) is 5.75 Å². The van der Waals surface area contributed by atoms with Crippen molar-refractivity contribution in [3.63, 3.8) is 0 Å². The fourth-order valence-corrected chi connectivity index (χ4v) is 1.85. The molecule has 6 heteroatoms. The van der Waals surface area contributed by atoms with Crippen molar-refractivity contribution in [2.45, 2.75) is 13.8 Å². The summed E-state index contributed by atoms with van der Waals surface area (Å²) in [5, 5.41) is 21.8. The Balaban J connectivity index is 2.28. The number of benzene rings is 1. The van der Waals surface area contributed by atoms with Gasteiger partial charge in [0.15, 0.2) is 5.82 Å². The molecular formula is C17H19N5O. The number of aromatic nitrogens is 2. The standard InChI is InChI=1S/C17H19N5O/c1-3-19-20-11-12(2)8-9-13-10-15(21-22-17(13)18)14-6-4-5-7-16(14)23/h3-11,20,23H,1-2H3,(H2,18,22)/b9-8+,12-11+,19-3-. The average Bonchev–Trinajstić information content (AvgIpc) is 2.55. The Bertz CT molecular complexity index is 765. The molecule has 0 aliphatic rings. The van der Waals surface area contributed by atoms with Gasteiger partial charge in [-0.2, -0.15) is 5.10 Å². The molecule has 1 aromatic heterocycles. The number of hydrazone groups is 1. The number of phenols is 1. The van der Waals surface area contributed by atoms with E-state index in [0.717, 1.165) is 11.1 Å². The molecule has 2 aromatic rings. The number of para-hydroxylation sites is 1. The zero-order chi connectivity index (χ0) is 16.7. The Labute approximate surface area is 135 Å². The van der Waals surface area contributed by atoms with Crippen LogP contribution in [0, 0.1) is 0 Å². The van der Waals surface area contributed by atoms with Crippen LogP contribution in [0.5, 0.6) is 5.75 Å². The Morgan fingerprint density at radius 1 is 1.30 bits per heavy atom. The maximum absolute atomic E-state index is 9.91. The molecule has 23 heavy (non-hydrogen) atoms. The molecular weight excluding hydrogens is 290 g/mol. The van der Waals surface area contributed by atoms with E-state index in [9.17, 15) is 5.11 Å². The number of nitrogen functional groups attached to an aromatic ring is 1. The Hall–Kier alpha value is -3.15. The van der Waals surface area contributed by atoms with Crippen LogP contribution in [-0.4, -0.2) is 21.5 Å². The zero-order valence-corrected chi connectivity index (χ0v) is 13.1. The van der Waals surface area contributed by atoms with Crippen molar-refractivity contribution < 1.29 is 5.11 Å². The first-order valence-corrected chi connectivity index (χ1v) is 7.11. The van der Waals surface area contributed by atoms with Gasteiger partial charge in [-0.1, -0.05) is 24.3 Å². The lowest BCUT2D eigenvalue weighted by Crippen LogP contribution is -1.98. The van der Waals surface area contributed by atoms with Gasteiger partial charge in [-0.25, -0.2) is 0 Å². The van der Waals surface area contributed by atoms with Crippen LogP contribution in [0.4, 0.5) is 5.82 Å². The monoisotopic (exact) mass is 309 g/mol. The molecule has 4 N–H and O–H groups in total. The number of hydrogen-bond acceptors (Lipinski definition) is 6. The van der Waals surface area contributed by atoms with Crippen molar-refractivity contribution in [3.05, 3.63) is 53.7 Å². The molecule has 0 unspecified atom stereocenters. The van der Waals surface area contributed by atoms with Gasteiger partial charge in [0.25, 0.3) is 0 Å². The zero-order valence-electron chi connectivity index (χ0n) is 13.1. The van der Waals surface area contributed by atoms with E-state index >= 15 is 0 Å². The SMILES string of the molecule is C/C=N\N/C=C(C)/C=C/c1cc(-c2ccccc2O)nnc1N. The molecule has 0 saturated heterocycles. The smallest absolute Gasteiger partial charge is 0.153 e. The largest absolute Gasteiger partial charge is 0.507 e. The molecule has 6 nitrogen and oxygen atoms in total. The molecule has 0 atom stereocenters. The van der Waals surface area contributed by atoms with Gasteiger partial charge in [0, 0.05) is 23.5 Å². The first kappa shape index (κ1) is 16.2. The number of allylic oxidation sites excluding steroid dienone is 2. The van der Waals surface area contributed by atoms with Crippen LogP contribution < -0.4 is 11.2 Å². The van der Waals surface area contributed by atoms with Crippen molar-refractivity contribution >= 4 is 18.1 Å². The number of aromatic hydroxyl groups is 1. The lowest BCUT2D eigenvalue weighted by atomic mass is 10.1. The fourth-order valence-electron chi connectivity index (χ4n) is 1.85. The molecule has 1 heterocycles. The number of nitrogens with two attached hydrogens (primary N) is 1. The maximum atomic E-state index is 9.91. The normalized spacial score (nSPS) is 12.2. The van der Waals surface area contributed by atoms with Crippen molar-refractivity contribution in [1.82, 2.24) is 15.6 Å². The van der Waals surface area contributed by atoms with E-state index in [2.05, 4.69) is 20.7 Å². The Kier molecular flexibility index (Phi) is 5.46. The summed E-state index contributed by atoms with van der Waals surface area (Å²) in [7, 11) is 0. The van der Waals surface area contributed by atoms with Gasteiger partial charge in [0.2, 0.25) is 0 Å². The maximum Gasteiger partial charge on any atom is 0.153 e. The van der Waals surface area contributed by atoms with Crippen molar-refractivity contribution in [2.75, 3.05) is 5.73 Å². The molecule has 0 amide bonds. The molecule has 0 fully saturated rings. The highest BCUT2D eigenvalue weighted by atomic mass is 16.3. The number of hydrogen-bond donors (Lipinski definition) is 3. The predicted octanol–water partition coefficient (Wildman–Crippen LogP) is 2.94. The summed E-state index contributed by atoms with van der Waals surface area (Å²) in [6, 6.07) is 8.76. The van der Waals surface area contributed by atoms with Gasteiger partial charge in [-0.3, -0.25) is 5.43 Å². The summed E-state index contributed by atoms with van der Waals surface area (Å²) in [6.45, 7) is 3.76. The molecule has 0 aliphatic heterocycles. The molecule has 0 saturated carbocycles. The van der Waals surface area contributed by atoms with E-state index in [0.29, 0.717) is 17.1 Å². The first-order valence-electron chi connectivity index (χ1n) is 7.11. The number of anilines is 1. The van der Waals surface area contributed by atoms with Crippen LogP contribution in [0.15, 0.2) is 53.3 Å². The summed E-state index contributed by atoms with van der Waals surface area (Å²) in [4.78, 5) is 0. The van der Waals surface area contributed by atoms with E-state index in [4.69, 9.17) is 5.73 Å². The first-order chi connectivity index (χ1) is 11.1. The number of rotatable bonds is 5. The Morgan fingerprint density at radius 2 is 2.09 bits per heavy atom. The predicted molar refractivity (Wildman–Crippen MR) is 93.6 cm³/mol.